The molecule has 3 amide bonds. The van der Waals surface area contributed by atoms with Crippen molar-refractivity contribution in [3.63, 3.8) is 0 Å². The number of aliphatic carboxylic acids is 2. The summed E-state index contributed by atoms with van der Waals surface area (Å²) in [4.78, 5) is 64.7. The molecular formula is C16H24N6O8. The fourth-order valence-corrected chi connectivity index (χ4v) is 2.22. The highest BCUT2D eigenvalue weighted by atomic mass is 16.4. The number of amides is 3. The van der Waals surface area contributed by atoms with E-state index in [0.717, 1.165) is 0 Å². The first-order chi connectivity index (χ1) is 14.0. The van der Waals surface area contributed by atoms with Crippen LogP contribution in [0.5, 0.6) is 0 Å². The summed E-state index contributed by atoms with van der Waals surface area (Å²) in [5, 5.41) is 33.8. The maximum Gasteiger partial charge on any atom is 0.326 e. The second-order valence-corrected chi connectivity index (χ2v) is 6.38. The van der Waals surface area contributed by atoms with Gasteiger partial charge in [-0.15, -0.1) is 0 Å². The number of carboxylic acids is 2. The molecule has 14 nitrogen and oxygen atoms in total. The largest absolute Gasteiger partial charge is 0.481 e. The van der Waals surface area contributed by atoms with E-state index in [1.54, 1.807) is 0 Å². The highest BCUT2D eigenvalue weighted by molar-refractivity contribution is 5.94. The number of aliphatic hydroxyl groups is 1. The van der Waals surface area contributed by atoms with Crippen molar-refractivity contribution in [3.8, 4) is 0 Å². The molecule has 30 heavy (non-hydrogen) atoms. The van der Waals surface area contributed by atoms with Gasteiger partial charge in [0, 0.05) is 18.3 Å². The number of nitrogens with two attached hydrogens (primary N) is 1. The Morgan fingerprint density at radius 1 is 1.13 bits per heavy atom. The molecule has 0 spiro atoms. The van der Waals surface area contributed by atoms with Crippen LogP contribution in [0.2, 0.25) is 0 Å². The first-order valence-corrected chi connectivity index (χ1v) is 8.74. The van der Waals surface area contributed by atoms with Crippen molar-refractivity contribution in [1.29, 1.82) is 0 Å². The second-order valence-electron chi connectivity index (χ2n) is 6.38. The van der Waals surface area contributed by atoms with Gasteiger partial charge in [0.15, 0.2) is 0 Å². The zero-order valence-corrected chi connectivity index (χ0v) is 16.0. The summed E-state index contributed by atoms with van der Waals surface area (Å²) in [7, 11) is 0. The molecule has 14 heteroatoms. The third kappa shape index (κ3) is 8.24. The van der Waals surface area contributed by atoms with Crippen LogP contribution in [0.15, 0.2) is 12.5 Å². The summed E-state index contributed by atoms with van der Waals surface area (Å²) < 4.78 is 0. The van der Waals surface area contributed by atoms with E-state index >= 15 is 0 Å². The van der Waals surface area contributed by atoms with Crippen molar-refractivity contribution in [2.75, 3.05) is 6.54 Å². The van der Waals surface area contributed by atoms with E-state index < -0.39 is 66.9 Å². The van der Waals surface area contributed by atoms with Crippen LogP contribution in [-0.4, -0.2) is 85.7 Å². The van der Waals surface area contributed by atoms with Crippen LogP contribution in [0.1, 0.15) is 19.0 Å². The lowest BCUT2D eigenvalue weighted by molar-refractivity contribution is -0.142. The van der Waals surface area contributed by atoms with Crippen LogP contribution >= 0.6 is 0 Å². The van der Waals surface area contributed by atoms with E-state index in [1.165, 1.54) is 19.4 Å². The molecule has 1 heterocycles. The van der Waals surface area contributed by atoms with E-state index in [4.69, 9.17) is 10.8 Å². The molecule has 4 unspecified atom stereocenters. The smallest absolute Gasteiger partial charge is 0.326 e. The van der Waals surface area contributed by atoms with Crippen LogP contribution < -0.4 is 21.7 Å². The first-order valence-electron chi connectivity index (χ1n) is 8.74. The Morgan fingerprint density at radius 3 is 2.30 bits per heavy atom. The number of rotatable bonds is 12. The van der Waals surface area contributed by atoms with Crippen molar-refractivity contribution in [1.82, 2.24) is 25.9 Å². The van der Waals surface area contributed by atoms with Crippen LogP contribution in [0.25, 0.3) is 0 Å². The number of carbonyl (C=O) groups is 5. The molecule has 0 saturated carbocycles. The Kier molecular flexibility index (Phi) is 9.38. The number of carboxylic acid groups (broad SMARTS) is 2. The molecule has 4 atom stereocenters. The monoisotopic (exact) mass is 428 g/mol. The molecule has 0 bridgehead atoms. The van der Waals surface area contributed by atoms with E-state index in [1.807, 2.05) is 0 Å². The van der Waals surface area contributed by atoms with Crippen LogP contribution in [0, 0.1) is 0 Å². The van der Waals surface area contributed by atoms with Gasteiger partial charge >= 0.3 is 11.9 Å². The van der Waals surface area contributed by atoms with Gasteiger partial charge in [0.25, 0.3) is 0 Å². The number of carbonyl (C=O) groups excluding carboxylic acids is 3. The Labute approximate surface area is 170 Å². The van der Waals surface area contributed by atoms with Crippen molar-refractivity contribution in [3.05, 3.63) is 18.2 Å². The maximum atomic E-state index is 12.2. The molecule has 0 aliphatic heterocycles. The van der Waals surface area contributed by atoms with Gasteiger partial charge in [-0.1, -0.05) is 0 Å². The Hall–Kier alpha value is -3.52. The predicted molar refractivity (Wildman–Crippen MR) is 98.7 cm³/mol. The van der Waals surface area contributed by atoms with Crippen molar-refractivity contribution in [2.24, 2.45) is 5.73 Å². The van der Waals surface area contributed by atoms with Gasteiger partial charge in [-0.05, 0) is 6.92 Å². The lowest BCUT2D eigenvalue weighted by Gasteiger charge is -2.20. The molecule has 0 radical (unpaired) electrons. The van der Waals surface area contributed by atoms with E-state index in [9.17, 15) is 34.2 Å². The molecule has 1 rings (SSSR count). The SMILES string of the molecule is CC(O)C(N)C(=O)NC(CC(=O)O)C(=O)NCC(=O)NC(Cc1cnc[nH]1)C(=O)O. The fourth-order valence-electron chi connectivity index (χ4n) is 2.22. The molecule has 1 aromatic heterocycles. The zero-order chi connectivity index (χ0) is 22.8. The van der Waals surface area contributed by atoms with Crippen molar-refractivity contribution >= 4 is 29.7 Å². The first kappa shape index (κ1) is 24.5. The lowest BCUT2D eigenvalue weighted by atomic mass is 10.1. The number of nitrogens with one attached hydrogen (secondary N) is 4. The second kappa shape index (κ2) is 11.5. The standard InChI is InChI=1S/C16H24N6O8/c1-7(23)13(17)15(28)22-9(3-12(25)26)14(27)19-5-11(24)21-10(16(29)30)2-8-4-18-6-20-8/h4,6-7,9-10,13,23H,2-3,5,17H2,1H3,(H,18,20)(H,19,27)(H,21,24)(H,22,28)(H,25,26)(H,29,30). The number of aromatic nitrogens is 2. The van der Waals surface area contributed by atoms with Crippen molar-refractivity contribution in [2.45, 2.75) is 44.0 Å². The van der Waals surface area contributed by atoms with Crippen molar-refractivity contribution < 1.29 is 39.3 Å². The molecule has 0 fully saturated rings. The van der Waals surface area contributed by atoms with Gasteiger partial charge in [-0.3, -0.25) is 19.2 Å². The highest BCUT2D eigenvalue weighted by Gasteiger charge is 2.28. The van der Waals surface area contributed by atoms with Crippen LogP contribution in [0.3, 0.4) is 0 Å². The van der Waals surface area contributed by atoms with E-state index in [-0.39, 0.29) is 6.42 Å². The molecular weight excluding hydrogens is 404 g/mol. The average molecular weight is 428 g/mol. The minimum atomic E-state index is -1.56. The number of nitrogens with zero attached hydrogens (tertiary/aromatic N) is 1. The molecule has 0 saturated heterocycles. The van der Waals surface area contributed by atoms with Crippen LogP contribution in [-0.2, 0) is 30.4 Å². The predicted octanol–water partition coefficient (Wildman–Crippen LogP) is -3.69. The van der Waals surface area contributed by atoms with Gasteiger partial charge < -0.3 is 42.0 Å². The maximum absolute atomic E-state index is 12.2. The van der Waals surface area contributed by atoms with Gasteiger partial charge in [-0.25, -0.2) is 9.78 Å². The third-order valence-electron chi connectivity index (χ3n) is 3.87. The number of hydrogen-bond acceptors (Lipinski definition) is 8. The van der Waals surface area contributed by atoms with Crippen LogP contribution in [0.4, 0.5) is 0 Å². The molecule has 1 aromatic rings. The molecule has 166 valence electrons. The van der Waals surface area contributed by atoms with Gasteiger partial charge in [0.2, 0.25) is 17.7 Å². The summed E-state index contributed by atoms with van der Waals surface area (Å²) >= 11 is 0. The number of hydrogen-bond donors (Lipinski definition) is 8. The number of H-pyrrole nitrogens is 1. The normalized spacial score (nSPS) is 14.6. The highest BCUT2D eigenvalue weighted by Crippen LogP contribution is 1.99. The van der Waals surface area contributed by atoms with Gasteiger partial charge in [0.1, 0.15) is 18.1 Å². The van der Waals surface area contributed by atoms with E-state index in [2.05, 4.69) is 25.9 Å². The van der Waals surface area contributed by atoms with E-state index in [0.29, 0.717) is 5.69 Å². The molecule has 0 aliphatic rings. The summed E-state index contributed by atoms with van der Waals surface area (Å²) in [6.45, 7) is 0.572. The topological polar surface area (TPSA) is 237 Å². The third-order valence-corrected chi connectivity index (χ3v) is 3.87. The average Bonchev–Trinajstić information content (AvgIpc) is 3.16. The summed E-state index contributed by atoms with van der Waals surface area (Å²) in [5.74, 6) is -5.53. The quantitative estimate of drug-likeness (QED) is 0.162. The Balaban J connectivity index is 2.65. The molecule has 9 N–H and O–H groups in total. The Bertz CT molecular complexity index is 766. The number of aromatic amines is 1. The lowest BCUT2D eigenvalue weighted by Crippen LogP contribution is -2.56. The number of imidazole rings is 1. The summed E-state index contributed by atoms with van der Waals surface area (Å²) in [6.07, 6.45) is 0.609. The Morgan fingerprint density at radius 2 is 1.80 bits per heavy atom. The number of aliphatic hydroxyl groups excluding tert-OH is 1. The minimum Gasteiger partial charge on any atom is -0.481 e. The summed E-state index contributed by atoms with van der Waals surface area (Å²) in [5.41, 5.74) is 5.90. The van der Waals surface area contributed by atoms with Gasteiger partial charge in [-0.2, -0.15) is 0 Å². The van der Waals surface area contributed by atoms with Gasteiger partial charge in [0.05, 0.1) is 25.4 Å². The zero-order valence-electron chi connectivity index (χ0n) is 16.0. The molecule has 0 aromatic carbocycles. The fraction of sp³-hybridized carbons (Fsp3) is 0.500. The summed E-state index contributed by atoms with van der Waals surface area (Å²) in [6, 6.07) is -4.25. The molecule has 0 aliphatic carbocycles. The minimum absolute atomic E-state index is 0.0794.